The van der Waals surface area contributed by atoms with Crippen molar-refractivity contribution in [3.63, 3.8) is 0 Å². The van der Waals surface area contributed by atoms with Crippen LogP contribution in [-0.2, 0) is 0 Å². The van der Waals surface area contributed by atoms with E-state index in [-0.39, 0.29) is 11.5 Å². The van der Waals surface area contributed by atoms with E-state index in [4.69, 9.17) is 5.11 Å². The second-order valence-electron chi connectivity index (χ2n) is 5.87. The Balaban J connectivity index is 3.21. The van der Waals surface area contributed by atoms with Gasteiger partial charge in [-0.05, 0) is 18.3 Å². The van der Waals surface area contributed by atoms with Gasteiger partial charge < -0.3 is 10.2 Å². The van der Waals surface area contributed by atoms with E-state index >= 15 is 0 Å². The van der Waals surface area contributed by atoms with E-state index in [0.29, 0.717) is 6.61 Å². The Hall–Kier alpha value is -0.0800. The minimum absolute atomic E-state index is 0.0289. The highest BCUT2D eigenvalue weighted by Gasteiger charge is 2.20. The van der Waals surface area contributed by atoms with Gasteiger partial charge in [0.05, 0.1) is 6.10 Å². The van der Waals surface area contributed by atoms with Crippen LogP contribution in [0.5, 0.6) is 0 Å². The lowest BCUT2D eigenvalue weighted by Crippen LogP contribution is -2.25. The number of rotatable bonds is 9. The molecular weight excluding hydrogens is 200 g/mol. The van der Waals surface area contributed by atoms with Gasteiger partial charge in [-0.15, -0.1) is 0 Å². The fourth-order valence-corrected chi connectivity index (χ4v) is 1.77. The van der Waals surface area contributed by atoms with Crippen molar-refractivity contribution in [1.82, 2.24) is 0 Å². The Bertz CT molecular complexity index is 149. The molecule has 1 unspecified atom stereocenters. The molecule has 0 aromatic heterocycles. The molecule has 16 heavy (non-hydrogen) atoms. The molecule has 0 rings (SSSR count). The van der Waals surface area contributed by atoms with Crippen molar-refractivity contribution in [3.05, 3.63) is 0 Å². The Labute approximate surface area is 101 Å². The van der Waals surface area contributed by atoms with Gasteiger partial charge in [0.1, 0.15) is 0 Å². The third-order valence-corrected chi connectivity index (χ3v) is 3.14. The summed E-state index contributed by atoms with van der Waals surface area (Å²) < 4.78 is 0. The van der Waals surface area contributed by atoms with Crippen molar-refractivity contribution >= 4 is 0 Å². The monoisotopic (exact) mass is 230 g/mol. The average Bonchev–Trinajstić information content (AvgIpc) is 2.20. The number of aliphatic hydroxyl groups is 2. The van der Waals surface area contributed by atoms with Gasteiger partial charge in [0.15, 0.2) is 0 Å². The van der Waals surface area contributed by atoms with Gasteiger partial charge in [0.25, 0.3) is 0 Å². The zero-order chi connectivity index (χ0) is 12.4. The average molecular weight is 230 g/mol. The molecule has 0 aromatic rings. The maximum atomic E-state index is 9.83. The minimum Gasteiger partial charge on any atom is -0.396 e. The molecular formula is C14H30O2. The molecule has 0 spiro atoms. The van der Waals surface area contributed by atoms with Crippen molar-refractivity contribution < 1.29 is 10.2 Å². The standard InChI is InChI=1S/C14H30O2/c1-14(2,3)13(16)11-9-7-5-4-6-8-10-12-15/h13,15-16H,4-12H2,1-3H3. The van der Waals surface area contributed by atoms with E-state index in [1.807, 2.05) is 0 Å². The van der Waals surface area contributed by atoms with E-state index in [0.717, 1.165) is 25.7 Å². The molecule has 2 nitrogen and oxygen atoms in total. The number of hydrogen-bond acceptors (Lipinski definition) is 2. The Morgan fingerprint density at radius 2 is 1.25 bits per heavy atom. The van der Waals surface area contributed by atoms with Crippen LogP contribution in [0.3, 0.4) is 0 Å². The maximum absolute atomic E-state index is 9.83. The van der Waals surface area contributed by atoms with Crippen LogP contribution >= 0.6 is 0 Å². The summed E-state index contributed by atoms with van der Waals surface area (Å²) in [6, 6.07) is 0. The predicted octanol–water partition coefficient (Wildman–Crippen LogP) is 3.51. The van der Waals surface area contributed by atoms with E-state index in [1.54, 1.807) is 0 Å². The molecule has 0 aromatic carbocycles. The number of hydrogen-bond donors (Lipinski definition) is 2. The van der Waals surface area contributed by atoms with Crippen LogP contribution in [0.15, 0.2) is 0 Å². The van der Waals surface area contributed by atoms with Gasteiger partial charge in [0, 0.05) is 6.61 Å². The molecule has 0 heterocycles. The highest BCUT2D eigenvalue weighted by atomic mass is 16.3. The van der Waals surface area contributed by atoms with E-state index in [1.165, 1.54) is 25.7 Å². The van der Waals surface area contributed by atoms with Crippen LogP contribution in [0.1, 0.15) is 72.1 Å². The van der Waals surface area contributed by atoms with Gasteiger partial charge in [-0.25, -0.2) is 0 Å². The largest absolute Gasteiger partial charge is 0.396 e. The van der Waals surface area contributed by atoms with Crippen molar-refractivity contribution in [2.45, 2.75) is 78.2 Å². The third kappa shape index (κ3) is 9.17. The first-order chi connectivity index (χ1) is 7.48. The lowest BCUT2D eigenvalue weighted by Gasteiger charge is -2.25. The molecule has 0 aliphatic heterocycles. The molecule has 0 aliphatic carbocycles. The van der Waals surface area contributed by atoms with E-state index in [9.17, 15) is 5.11 Å². The summed E-state index contributed by atoms with van der Waals surface area (Å²) in [5.41, 5.74) is 0.0289. The third-order valence-electron chi connectivity index (χ3n) is 3.14. The first-order valence-electron chi connectivity index (χ1n) is 6.77. The zero-order valence-corrected chi connectivity index (χ0v) is 11.3. The zero-order valence-electron chi connectivity index (χ0n) is 11.3. The van der Waals surface area contributed by atoms with Crippen LogP contribution in [0, 0.1) is 5.41 Å². The van der Waals surface area contributed by atoms with Crippen LogP contribution in [0.25, 0.3) is 0 Å². The summed E-state index contributed by atoms with van der Waals surface area (Å²) in [4.78, 5) is 0. The summed E-state index contributed by atoms with van der Waals surface area (Å²) in [6.45, 7) is 6.60. The smallest absolute Gasteiger partial charge is 0.0588 e. The second-order valence-corrected chi connectivity index (χ2v) is 5.87. The molecule has 0 saturated heterocycles. The molecule has 2 heteroatoms. The van der Waals surface area contributed by atoms with Crippen molar-refractivity contribution in [2.75, 3.05) is 6.61 Å². The summed E-state index contributed by atoms with van der Waals surface area (Å²) in [5.74, 6) is 0. The first-order valence-corrected chi connectivity index (χ1v) is 6.77. The molecule has 0 radical (unpaired) electrons. The second kappa shape index (κ2) is 9.00. The Morgan fingerprint density at radius 1 is 0.812 bits per heavy atom. The Morgan fingerprint density at radius 3 is 1.69 bits per heavy atom. The Kier molecular flexibility index (Phi) is 8.96. The minimum atomic E-state index is -0.165. The van der Waals surface area contributed by atoms with Gasteiger partial charge in [-0.3, -0.25) is 0 Å². The lowest BCUT2D eigenvalue weighted by atomic mass is 9.86. The molecule has 2 N–H and O–H groups in total. The van der Waals surface area contributed by atoms with Crippen LogP contribution in [0.2, 0.25) is 0 Å². The van der Waals surface area contributed by atoms with Crippen molar-refractivity contribution in [1.29, 1.82) is 0 Å². The van der Waals surface area contributed by atoms with Crippen LogP contribution in [0.4, 0.5) is 0 Å². The summed E-state index contributed by atoms with van der Waals surface area (Å²) >= 11 is 0. The predicted molar refractivity (Wildman–Crippen MR) is 69.5 cm³/mol. The quantitative estimate of drug-likeness (QED) is 0.595. The molecule has 0 fully saturated rings. The molecule has 0 saturated carbocycles. The van der Waals surface area contributed by atoms with Crippen LogP contribution < -0.4 is 0 Å². The van der Waals surface area contributed by atoms with Gasteiger partial charge in [-0.2, -0.15) is 0 Å². The normalized spacial score (nSPS) is 14.1. The fourth-order valence-electron chi connectivity index (χ4n) is 1.77. The summed E-state index contributed by atoms with van der Waals surface area (Å²) in [6.07, 6.45) is 9.01. The highest BCUT2D eigenvalue weighted by Crippen LogP contribution is 2.23. The SMILES string of the molecule is CC(C)(C)C(O)CCCCCCCCCO. The maximum Gasteiger partial charge on any atom is 0.0588 e. The van der Waals surface area contributed by atoms with E-state index in [2.05, 4.69) is 20.8 Å². The van der Waals surface area contributed by atoms with Crippen LogP contribution in [-0.4, -0.2) is 22.9 Å². The van der Waals surface area contributed by atoms with Crippen molar-refractivity contribution in [2.24, 2.45) is 5.41 Å². The lowest BCUT2D eigenvalue weighted by molar-refractivity contribution is 0.0533. The number of unbranched alkanes of at least 4 members (excludes halogenated alkanes) is 6. The number of aliphatic hydroxyl groups excluding tert-OH is 2. The molecule has 0 bridgehead atoms. The van der Waals surface area contributed by atoms with Crippen molar-refractivity contribution in [3.8, 4) is 0 Å². The van der Waals surface area contributed by atoms with Gasteiger partial charge in [-0.1, -0.05) is 59.3 Å². The molecule has 98 valence electrons. The molecule has 0 amide bonds. The fraction of sp³-hybridized carbons (Fsp3) is 1.00. The van der Waals surface area contributed by atoms with E-state index < -0.39 is 0 Å². The highest BCUT2D eigenvalue weighted by molar-refractivity contribution is 4.72. The first kappa shape index (κ1) is 15.9. The topological polar surface area (TPSA) is 40.5 Å². The van der Waals surface area contributed by atoms with Gasteiger partial charge >= 0.3 is 0 Å². The molecule has 1 atom stereocenters. The van der Waals surface area contributed by atoms with Gasteiger partial charge in [0.2, 0.25) is 0 Å². The summed E-state index contributed by atoms with van der Waals surface area (Å²) in [5, 5.41) is 18.4. The molecule has 0 aliphatic rings. The summed E-state index contributed by atoms with van der Waals surface area (Å²) in [7, 11) is 0.